The van der Waals surface area contributed by atoms with Crippen LogP contribution in [0.25, 0.3) is 0 Å². The average Bonchev–Trinajstić information content (AvgIpc) is 2.78. The smallest absolute Gasteiger partial charge is 0.242 e. The summed E-state index contributed by atoms with van der Waals surface area (Å²) in [6, 6.07) is 3.67. The summed E-state index contributed by atoms with van der Waals surface area (Å²) in [5, 5.41) is 9.55. The van der Waals surface area contributed by atoms with E-state index in [9.17, 15) is 9.90 Å². The molecule has 5 nitrogen and oxygen atoms in total. The highest BCUT2D eigenvalue weighted by Crippen LogP contribution is 2.13. The molecule has 0 saturated carbocycles. The number of aromatic nitrogens is 1. The maximum absolute atomic E-state index is 12.0. The second-order valence-corrected chi connectivity index (χ2v) is 4.23. The van der Waals surface area contributed by atoms with Crippen molar-refractivity contribution in [3.05, 3.63) is 24.0 Å². The summed E-state index contributed by atoms with van der Waals surface area (Å²) >= 11 is 0. The van der Waals surface area contributed by atoms with Crippen molar-refractivity contribution in [2.24, 2.45) is 0 Å². The Morgan fingerprint density at radius 1 is 1.53 bits per heavy atom. The van der Waals surface area contributed by atoms with Crippen molar-refractivity contribution in [2.45, 2.75) is 19.6 Å². The van der Waals surface area contributed by atoms with E-state index >= 15 is 0 Å². The minimum Gasteiger partial charge on any atom is -0.387 e. The van der Waals surface area contributed by atoms with E-state index < -0.39 is 6.10 Å². The molecule has 0 spiro atoms. The number of nitrogens with zero attached hydrogens (tertiary/aromatic N) is 2. The first kappa shape index (κ1) is 12.1. The molecule has 94 valence electrons. The van der Waals surface area contributed by atoms with Gasteiger partial charge in [-0.25, -0.2) is 0 Å². The predicted octanol–water partition coefficient (Wildman–Crippen LogP) is 0.400. The molecule has 17 heavy (non-hydrogen) atoms. The fourth-order valence-corrected chi connectivity index (χ4v) is 2.01. The molecule has 1 fully saturated rings. The van der Waals surface area contributed by atoms with Gasteiger partial charge in [0.2, 0.25) is 5.91 Å². The van der Waals surface area contributed by atoms with E-state index in [0.717, 1.165) is 5.69 Å². The molecule has 1 N–H and O–H groups in total. The first-order valence-corrected chi connectivity index (χ1v) is 5.87. The van der Waals surface area contributed by atoms with E-state index in [-0.39, 0.29) is 12.5 Å². The first-order chi connectivity index (χ1) is 8.18. The highest BCUT2D eigenvalue weighted by atomic mass is 16.5. The van der Waals surface area contributed by atoms with Gasteiger partial charge in [-0.1, -0.05) is 0 Å². The first-order valence-electron chi connectivity index (χ1n) is 5.87. The second-order valence-electron chi connectivity index (χ2n) is 4.23. The molecular formula is C12H18N2O3. The predicted molar refractivity (Wildman–Crippen MR) is 62.5 cm³/mol. The lowest BCUT2D eigenvalue weighted by Crippen LogP contribution is -2.42. The minimum atomic E-state index is -0.553. The van der Waals surface area contributed by atoms with Gasteiger partial charge in [0.25, 0.3) is 0 Å². The van der Waals surface area contributed by atoms with Crippen LogP contribution in [0.15, 0.2) is 18.3 Å². The number of morpholine rings is 1. The SMILES string of the molecule is CC(O)c1cccn1CC(=O)N1CCOCC1. The summed E-state index contributed by atoms with van der Waals surface area (Å²) in [6.45, 7) is 4.52. The Balaban J connectivity index is 1.99. The van der Waals surface area contributed by atoms with Crippen LogP contribution in [0.2, 0.25) is 0 Å². The molecule has 1 aliphatic rings. The Hall–Kier alpha value is -1.33. The zero-order valence-corrected chi connectivity index (χ0v) is 10.0. The second kappa shape index (κ2) is 5.33. The van der Waals surface area contributed by atoms with Gasteiger partial charge < -0.3 is 19.3 Å². The quantitative estimate of drug-likeness (QED) is 0.829. The standard InChI is InChI=1S/C12H18N2O3/c1-10(15)11-3-2-4-14(11)9-12(16)13-5-7-17-8-6-13/h2-4,10,15H,5-9H2,1H3. The lowest BCUT2D eigenvalue weighted by Gasteiger charge is -2.27. The monoisotopic (exact) mass is 238 g/mol. The topological polar surface area (TPSA) is 54.7 Å². The van der Waals surface area contributed by atoms with Gasteiger partial charge in [0.1, 0.15) is 6.54 Å². The fraction of sp³-hybridized carbons (Fsp3) is 0.583. The van der Waals surface area contributed by atoms with Gasteiger partial charge in [0.05, 0.1) is 19.3 Å². The molecule has 1 aromatic rings. The number of hydrogen-bond acceptors (Lipinski definition) is 3. The minimum absolute atomic E-state index is 0.0754. The molecular weight excluding hydrogens is 220 g/mol. The summed E-state index contributed by atoms with van der Waals surface area (Å²) in [7, 11) is 0. The van der Waals surface area contributed by atoms with E-state index in [2.05, 4.69) is 0 Å². The van der Waals surface area contributed by atoms with Gasteiger partial charge in [-0.15, -0.1) is 0 Å². The zero-order valence-electron chi connectivity index (χ0n) is 10.0. The van der Waals surface area contributed by atoms with Gasteiger partial charge in [0.15, 0.2) is 0 Å². The highest BCUT2D eigenvalue weighted by molar-refractivity contribution is 5.76. The largest absolute Gasteiger partial charge is 0.387 e. The van der Waals surface area contributed by atoms with Crippen LogP contribution < -0.4 is 0 Å². The number of carbonyl (C=O) groups excluding carboxylic acids is 1. The summed E-state index contributed by atoms with van der Waals surface area (Å²) in [6.07, 6.45) is 1.27. The van der Waals surface area contributed by atoms with Crippen molar-refractivity contribution in [2.75, 3.05) is 26.3 Å². The molecule has 1 aromatic heterocycles. The van der Waals surface area contributed by atoms with E-state index in [4.69, 9.17) is 4.74 Å². The van der Waals surface area contributed by atoms with Crippen molar-refractivity contribution in [1.82, 2.24) is 9.47 Å². The number of carbonyl (C=O) groups is 1. The maximum Gasteiger partial charge on any atom is 0.242 e. The normalized spacial score (nSPS) is 18.1. The van der Waals surface area contributed by atoms with Crippen LogP contribution in [0, 0.1) is 0 Å². The van der Waals surface area contributed by atoms with E-state index in [0.29, 0.717) is 26.3 Å². The van der Waals surface area contributed by atoms with Crippen LogP contribution in [-0.4, -0.2) is 46.8 Å². The molecule has 0 aliphatic carbocycles. The average molecular weight is 238 g/mol. The van der Waals surface area contributed by atoms with Crippen LogP contribution >= 0.6 is 0 Å². The zero-order chi connectivity index (χ0) is 12.3. The molecule has 1 saturated heterocycles. The summed E-state index contributed by atoms with van der Waals surface area (Å²) in [4.78, 5) is 13.8. The molecule has 1 amide bonds. The van der Waals surface area contributed by atoms with Crippen LogP contribution in [-0.2, 0) is 16.1 Å². The van der Waals surface area contributed by atoms with Crippen LogP contribution in [0.3, 0.4) is 0 Å². The number of amides is 1. The lowest BCUT2D eigenvalue weighted by atomic mass is 10.3. The highest BCUT2D eigenvalue weighted by Gasteiger charge is 2.18. The Morgan fingerprint density at radius 3 is 2.88 bits per heavy atom. The summed E-state index contributed by atoms with van der Waals surface area (Å²) < 4.78 is 7.00. The van der Waals surface area contributed by atoms with Crippen molar-refractivity contribution < 1.29 is 14.6 Å². The van der Waals surface area contributed by atoms with Crippen LogP contribution in [0.5, 0.6) is 0 Å². The van der Waals surface area contributed by atoms with E-state index in [1.165, 1.54) is 0 Å². The maximum atomic E-state index is 12.0. The molecule has 0 radical (unpaired) electrons. The molecule has 1 atom stereocenters. The third-order valence-electron chi connectivity index (χ3n) is 2.96. The molecule has 0 bridgehead atoms. The van der Waals surface area contributed by atoms with E-state index in [1.807, 2.05) is 18.3 Å². The Labute approximate surface area is 101 Å². The number of aliphatic hydroxyl groups is 1. The Kier molecular flexibility index (Phi) is 3.81. The summed E-state index contributed by atoms with van der Waals surface area (Å²) in [5.74, 6) is 0.0754. The van der Waals surface area contributed by atoms with Crippen LogP contribution in [0.4, 0.5) is 0 Å². The molecule has 5 heteroatoms. The van der Waals surface area contributed by atoms with Crippen LogP contribution in [0.1, 0.15) is 18.7 Å². The van der Waals surface area contributed by atoms with Gasteiger partial charge in [-0.2, -0.15) is 0 Å². The molecule has 2 heterocycles. The molecule has 2 rings (SSSR count). The third kappa shape index (κ3) is 2.87. The van der Waals surface area contributed by atoms with E-state index in [1.54, 1.807) is 16.4 Å². The van der Waals surface area contributed by atoms with Gasteiger partial charge in [-0.05, 0) is 19.1 Å². The molecule has 0 aromatic carbocycles. The number of rotatable bonds is 3. The Bertz CT molecular complexity index is 381. The number of hydrogen-bond donors (Lipinski definition) is 1. The molecule has 1 aliphatic heterocycles. The number of ether oxygens (including phenoxy) is 1. The van der Waals surface area contributed by atoms with Gasteiger partial charge in [-0.3, -0.25) is 4.79 Å². The number of aliphatic hydroxyl groups excluding tert-OH is 1. The van der Waals surface area contributed by atoms with Crippen molar-refractivity contribution in [1.29, 1.82) is 0 Å². The van der Waals surface area contributed by atoms with Crippen molar-refractivity contribution in [3.63, 3.8) is 0 Å². The van der Waals surface area contributed by atoms with Crippen molar-refractivity contribution >= 4 is 5.91 Å². The van der Waals surface area contributed by atoms with Crippen molar-refractivity contribution in [3.8, 4) is 0 Å². The lowest BCUT2D eigenvalue weighted by molar-refractivity contribution is -0.135. The third-order valence-corrected chi connectivity index (χ3v) is 2.96. The van der Waals surface area contributed by atoms with Gasteiger partial charge in [0, 0.05) is 25.0 Å². The Morgan fingerprint density at radius 2 is 2.24 bits per heavy atom. The molecule has 1 unspecified atom stereocenters. The fourth-order valence-electron chi connectivity index (χ4n) is 2.01. The van der Waals surface area contributed by atoms with Gasteiger partial charge >= 0.3 is 0 Å². The summed E-state index contributed by atoms with van der Waals surface area (Å²) in [5.41, 5.74) is 0.770.